The van der Waals surface area contributed by atoms with Crippen molar-refractivity contribution >= 4 is 40.8 Å². The van der Waals surface area contributed by atoms with Crippen LogP contribution in [0.4, 0.5) is 11.4 Å². The molecule has 0 saturated carbocycles. The summed E-state index contributed by atoms with van der Waals surface area (Å²) in [5.74, 6) is -2.37. The number of nitrogens with one attached hydrogen (secondary N) is 2. The van der Waals surface area contributed by atoms with Gasteiger partial charge in [0.25, 0.3) is 0 Å². The summed E-state index contributed by atoms with van der Waals surface area (Å²) in [4.78, 5) is 34.0. The van der Waals surface area contributed by atoms with Gasteiger partial charge in [-0.1, -0.05) is 41.9 Å². The zero-order chi connectivity index (χ0) is 18.2. The lowest BCUT2D eigenvalue weighted by Gasteiger charge is -2.10. The smallest absolute Gasteiger partial charge is 0.248 e. The number of anilines is 2. The lowest BCUT2D eigenvalue weighted by Crippen LogP contribution is -2.20. The number of hydrogen-bond donors (Lipinski definition) is 2. The van der Waals surface area contributed by atoms with Crippen LogP contribution in [0.25, 0.3) is 0 Å². The Morgan fingerprint density at radius 3 is 2.40 bits per heavy atom. The third-order valence-corrected chi connectivity index (χ3v) is 3.42. The Bertz CT molecular complexity index is 819. The molecule has 0 atom stereocenters. The largest absolute Gasteiger partial charge is 0.545 e. The molecular weight excluding hydrogens is 344 g/mol. The van der Waals surface area contributed by atoms with Crippen LogP contribution in [0.1, 0.15) is 5.56 Å². The van der Waals surface area contributed by atoms with Crippen molar-refractivity contribution in [3.8, 4) is 0 Å². The van der Waals surface area contributed by atoms with E-state index in [9.17, 15) is 19.5 Å². The number of carbonyl (C=O) groups excluding carboxylic acids is 3. The molecule has 0 spiro atoms. The van der Waals surface area contributed by atoms with E-state index in [1.165, 1.54) is 18.2 Å². The highest BCUT2D eigenvalue weighted by atomic mass is 35.5. The Labute approximate surface area is 149 Å². The van der Waals surface area contributed by atoms with Gasteiger partial charge in [-0.25, -0.2) is 0 Å². The number of hydrogen-bond acceptors (Lipinski definition) is 4. The minimum absolute atomic E-state index is 0.183. The van der Waals surface area contributed by atoms with E-state index < -0.39 is 11.9 Å². The maximum Gasteiger partial charge on any atom is 0.248 e. The number of halogens is 1. The molecule has 25 heavy (non-hydrogen) atoms. The number of carboxylic acids is 1. The van der Waals surface area contributed by atoms with Crippen molar-refractivity contribution in [1.29, 1.82) is 0 Å². The summed E-state index contributed by atoms with van der Waals surface area (Å²) >= 11 is 6.06. The molecular formula is C18H14ClN2O4-. The number of carboxylic acid groups (broad SMARTS) is 1. The topological polar surface area (TPSA) is 98.3 Å². The Hall–Kier alpha value is -3.12. The molecule has 0 aliphatic heterocycles. The van der Waals surface area contributed by atoms with Gasteiger partial charge < -0.3 is 20.5 Å². The lowest BCUT2D eigenvalue weighted by molar-refractivity contribution is -0.297. The summed E-state index contributed by atoms with van der Waals surface area (Å²) < 4.78 is 0. The highest BCUT2D eigenvalue weighted by Gasteiger charge is 2.09. The van der Waals surface area contributed by atoms with Gasteiger partial charge in [-0.3, -0.25) is 9.59 Å². The first-order chi connectivity index (χ1) is 11.9. The average molecular weight is 358 g/mol. The summed E-state index contributed by atoms with van der Waals surface area (Å²) in [6, 6.07) is 13.7. The summed E-state index contributed by atoms with van der Waals surface area (Å²) in [6.07, 6.45) is 1.63. The Kier molecular flexibility index (Phi) is 6.31. The predicted molar refractivity (Wildman–Crippen MR) is 93.0 cm³/mol. The molecule has 7 heteroatoms. The van der Waals surface area contributed by atoms with E-state index in [1.54, 1.807) is 0 Å². The van der Waals surface area contributed by atoms with Crippen molar-refractivity contribution < 1.29 is 19.5 Å². The van der Waals surface area contributed by atoms with Crippen molar-refractivity contribution in [3.63, 3.8) is 0 Å². The monoisotopic (exact) mass is 357 g/mol. The fourth-order valence-corrected chi connectivity index (χ4v) is 2.17. The maximum absolute atomic E-state index is 12.1. The molecule has 2 amide bonds. The van der Waals surface area contributed by atoms with E-state index in [4.69, 9.17) is 11.6 Å². The molecule has 0 radical (unpaired) electrons. The first kappa shape index (κ1) is 18.2. The fraction of sp³-hybridized carbons (Fsp3) is 0.0556. The number of carbonyl (C=O) groups is 3. The molecule has 2 aromatic rings. The zero-order valence-electron chi connectivity index (χ0n) is 13.0. The van der Waals surface area contributed by atoms with Crippen molar-refractivity contribution in [2.75, 3.05) is 10.6 Å². The Morgan fingerprint density at radius 2 is 1.72 bits per heavy atom. The number of benzene rings is 2. The van der Waals surface area contributed by atoms with Crippen molar-refractivity contribution in [1.82, 2.24) is 0 Å². The van der Waals surface area contributed by atoms with Crippen LogP contribution >= 0.6 is 11.6 Å². The number of aliphatic carboxylic acids is 1. The van der Waals surface area contributed by atoms with Crippen LogP contribution in [-0.2, 0) is 20.8 Å². The van der Waals surface area contributed by atoms with Crippen molar-refractivity contribution in [2.24, 2.45) is 0 Å². The zero-order valence-corrected chi connectivity index (χ0v) is 13.7. The van der Waals surface area contributed by atoms with E-state index in [-0.39, 0.29) is 12.3 Å². The molecule has 128 valence electrons. The molecule has 2 N–H and O–H groups in total. The van der Waals surface area contributed by atoms with E-state index in [0.29, 0.717) is 22.5 Å². The van der Waals surface area contributed by atoms with E-state index in [0.717, 1.165) is 11.6 Å². The van der Waals surface area contributed by atoms with Gasteiger partial charge in [0.1, 0.15) is 0 Å². The summed E-state index contributed by atoms with van der Waals surface area (Å²) in [6.45, 7) is 0. The molecule has 2 aromatic carbocycles. The van der Waals surface area contributed by atoms with Crippen LogP contribution in [0.5, 0.6) is 0 Å². The summed E-state index contributed by atoms with van der Waals surface area (Å²) in [5, 5.41) is 15.7. The second kappa shape index (κ2) is 8.65. The first-order valence-corrected chi connectivity index (χ1v) is 7.65. The molecule has 0 unspecified atom stereocenters. The van der Waals surface area contributed by atoms with E-state index in [2.05, 4.69) is 10.6 Å². The van der Waals surface area contributed by atoms with Gasteiger partial charge in [-0.15, -0.1) is 0 Å². The molecule has 0 fully saturated rings. The van der Waals surface area contributed by atoms with Gasteiger partial charge in [0.15, 0.2) is 0 Å². The fourth-order valence-electron chi connectivity index (χ4n) is 2.00. The lowest BCUT2D eigenvalue weighted by atomic mass is 10.1. The highest BCUT2D eigenvalue weighted by Crippen LogP contribution is 2.25. The second-order valence-electron chi connectivity index (χ2n) is 5.05. The Balaban J connectivity index is 2.04. The SMILES string of the molecule is O=C([O-])/C=C\C(=O)Nc1ccc(Cl)c(NC(=O)Cc2ccccc2)c1. The normalized spacial score (nSPS) is 10.4. The van der Waals surface area contributed by atoms with Crippen LogP contribution in [0.2, 0.25) is 5.02 Å². The van der Waals surface area contributed by atoms with Gasteiger partial charge in [0.05, 0.1) is 23.1 Å². The molecule has 0 aromatic heterocycles. The number of rotatable bonds is 6. The van der Waals surface area contributed by atoms with Crippen LogP contribution in [0, 0.1) is 0 Å². The van der Waals surface area contributed by atoms with Crippen LogP contribution < -0.4 is 15.7 Å². The van der Waals surface area contributed by atoms with Gasteiger partial charge in [-0.2, -0.15) is 0 Å². The predicted octanol–water partition coefficient (Wildman–Crippen LogP) is 1.77. The third kappa shape index (κ3) is 6.12. The van der Waals surface area contributed by atoms with Gasteiger partial charge in [0, 0.05) is 11.8 Å². The molecule has 0 saturated heterocycles. The quantitative estimate of drug-likeness (QED) is 0.770. The summed E-state index contributed by atoms with van der Waals surface area (Å²) in [7, 11) is 0. The molecule has 6 nitrogen and oxygen atoms in total. The molecule has 0 bridgehead atoms. The standard InChI is InChI=1S/C18H15ClN2O4/c19-14-7-6-13(20-16(22)8-9-18(24)25)11-15(14)21-17(23)10-12-4-2-1-3-5-12/h1-9,11H,10H2,(H,20,22)(H,21,23)(H,24,25)/p-1/b9-8-. The molecule has 0 aliphatic carbocycles. The third-order valence-electron chi connectivity index (χ3n) is 3.09. The van der Waals surface area contributed by atoms with E-state index >= 15 is 0 Å². The van der Waals surface area contributed by atoms with Crippen molar-refractivity contribution in [2.45, 2.75) is 6.42 Å². The minimum atomic E-state index is -1.47. The molecule has 0 heterocycles. The molecule has 2 rings (SSSR count). The van der Waals surface area contributed by atoms with E-state index in [1.807, 2.05) is 30.3 Å². The first-order valence-electron chi connectivity index (χ1n) is 7.27. The second-order valence-corrected chi connectivity index (χ2v) is 5.45. The van der Waals surface area contributed by atoms with Crippen LogP contribution in [0.3, 0.4) is 0 Å². The van der Waals surface area contributed by atoms with Gasteiger partial charge >= 0.3 is 0 Å². The average Bonchev–Trinajstić information content (AvgIpc) is 2.57. The minimum Gasteiger partial charge on any atom is -0.545 e. The van der Waals surface area contributed by atoms with Crippen LogP contribution in [-0.4, -0.2) is 17.8 Å². The maximum atomic E-state index is 12.1. The highest BCUT2D eigenvalue weighted by molar-refractivity contribution is 6.33. The Morgan fingerprint density at radius 1 is 1.00 bits per heavy atom. The molecule has 0 aliphatic rings. The van der Waals surface area contributed by atoms with Crippen LogP contribution in [0.15, 0.2) is 60.7 Å². The summed E-state index contributed by atoms with van der Waals surface area (Å²) in [5.41, 5.74) is 1.55. The number of amides is 2. The van der Waals surface area contributed by atoms with Gasteiger partial charge in [-0.05, 0) is 29.8 Å². The van der Waals surface area contributed by atoms with Crippen molar-refractivity contribution in [3.05, 3.63) is 71.3 Å². The van der Waals surface area contributed by atoms with Gasteiger partial charge in [0.2, 0.25) is 11.8 Å².